The summed E-state index contributed by atoms with van der Waals surface area (Å²) in [7, 11) is 0. The van der Waals surface area contributed by atoms with Crippen LogP contribution in [0.3, 0.4) is 0 Å². The number of carbonyl (C=O) groups is 1. The number of benzene rings is 1. The predicted octanol–water partition coefficient (Wildman–Crippen LogP) is 3.34. The average Bonchev–Trinajstić information content (AvgIpc) is 2.90. The third-order valence-electron chi connectivity index (χ3n) is 4.30. The van der Waals surface area contributed by atoms with Crippen LogP contribution in [-0.2, 0) is 6.18 Å². The lowest BCUT2D eigenvalue weighted by molar-refractivity contribution is -0.141. The Morgan fingerprint density at radius 2 is 2.00 bits per heavy atom. The lowest BCUT2D eigenvalue weighted by Crippen LogP contribution is -2.37. The van der Waals surface area contributed by atoms with Crippen molar-refractivity contribution in [3.63, 3.8) is 0 Å². The Hall–Kier alpha value is -2.77. The molecule has 0 saturated heterocycles. The molecule has 0 bridgehead atoms. The van der Waals surface area contributed by atoms with Crippen LogP contribution >= 0.6 is 0 Å². The minimum absolute atomic E-state index is 0.315. The molecule has 138 valence electrons. The molecule has 1 aliphatic rings. The van der Waals surface area contributed by atoms with Gasteiger partial charge in [-0.1, -0.05) is 19.1 Å². The third kappa shape index (κ3) is 3.31. The molecule has 26 heavy (non-hydrogen) atoms. The number of ether oxygens (including phenoxy) is 1. The van der Waals surface area contributed by atoms with Gasteiger partial charge >= 0.3 is 6.18 Å². The summed E-state index contributed by atoms with van der Waals surface area (Å²) in [5.74, 6) is -0.0936. The van der Waals surface area contributed by atoms with Crippen molar-refractivity contribution in [3.05, 3.63) is 63.1 Å². The molecule has 0 unspecified atom stereocenters. The molecule has 5 nitrogen and oxygen atoms in total. The molecule has 2 N–H and O–H groups in total. The number of aromatic nitrogens is 1. The second kappa shape index (κ2) is 6.51. The number of hydrogen-bond acceptors (Lipinski definition) is 3. The zero-order chi connectivity index (χ0) is 19.1. The van der Waals surface area contributed by atoms with Gasteiger partial charge in [0, 0.05) is 5.56 Å². The second-order valence-electron chi connectivity index (χ2n) is 6.17. The molecule has 2 atom stereocenters. The fourth-order valence-corrected chi connectivity index (χ4v) is 2.96. The molecule has 2 aromatic rings. The number of fused-ring (bicyclic) bond motifs is 1. The van der Waals surface area contributed by atoms with E-state index in [0.29, 0.717) is 18.2 Å². The van der Waals surface area contributed by atoms with Gasteiger partial charge in [-0.3, -0.25) is 9.59 Å². The zero-order valence-corrected chi connectivity index (χ0v) is 14.1. The van der Waals surface area contributed by atoms with Gasteiger partial charge in [0.15, 0.2) is 0 Å². The molecule has 2 heterocycles. The standard InChI is InChI=1S/C18H17F3N2O3/c1-3-12-15(10-5-4-9(2)8-13(10)26-12)23-17(25)11-6-7-14(18(19,20)21)22-16(11)24/h4-8,12,15H,3H2,1-2H3,(H,22,24)(H,23,25)/t12-,15+/m0/s1. The maximum Gasteiger partial charge on any atom is 0.431 e. The van der Waals surface area contributed by atoms with Crippen LogP contribution in [0.15, 0.2) is 35.1 Å². The summed E-state index contributed by atoms with van der Waals surface area (Å²) in [6.07, 6.45) is -4.39. The lowest BCUT2D eigenvalue weighted by atomic mass is 10.0. The van der Waals surface area contributed by atoms with Gasteiger partial charge in [-0.05, 0) is 37.1 Å². The highest BCUT2D eigenvalue weighted by Gasteiger charge is 2.36. The number of alkyl halides is 3. The van der Waals surface area contributed by atoms with Crippen LogP contribution in [0.1, 0.15) is 46.6 Å². The number of carbonyl (C=O) groups excluding carboxylic acids is 1. The molecule has 8 heteroatoms. The summed E-state index contributed by atoms with van der Waals surface area (Å²) in [6.45, 7) is 3.81. The van der Waals surface area contributed by atoms with Crippen molar-refractivity contribution in [3.8, 4) is 5.75 Å². The van der Waals surface area contributed by atoms with Gasteiger partial charge in [0.2, 0.25) is 0 Å². The summed E-state index contributed by atoms with van der Waals surface area (Å²) in [5, 5.41) is 2.71. The molecule has 1 aromatic heterocycles. The van der Waals surface area contributed by atoms with Gasteiger partial charge in [0.1, 0.15) is 23.1 Å². The van der Waals surface area contributed by atoms with E-state index in [0.717, 1.165) is 17.2 Å². The Morgan fingerprint density at radius 3 is 2.62 bits per heavy atom. The van der Waals surface area contributed by atoms with E-state index in [2.05, 4.69) is 5.32 Å². The Balaban J connectivity index is 1.87. The highest BCUT2D eigenvalue weighted by atomic mass is 19.4. The summed E-state index contributed by atoms with van der Waals surface area (Å²) in [6, 6.07) is 6.64. The van der Waals surface area contributed by atoms with Gasteiger partial charge in [-0.15, -0.1) is 0 Å². The van der Waals surface area contributed by atoms with E-state index in [1.54, 1.807) is 4.98 Å². The first-order chi connectivity index (χ1) is 12.2. The van der Waals surface area contributed by atoms with E-state index in [9.17, 15) is 22.8 Å². The van der Waals surface area contributed by atoms with Crippen LogP contribution in [0.25, 0.3) is 0 Å². The van der Waals surface area contributed by atoms with E-state index in [-0.39, 0.29) is 11.7 Å². The molecule has 0 aliphatic carbocycles. The van der Waals surface area contributed by atoms with Crippen LogP contribution < -0.4 is 15.6 Å². The van der Waals surface area contributed by atoms with Gasteiger partial charge in [-0.25, -0.2) is 0 Å². The normalized spacial score (nSPS) is 19.0. The lowest BCUT2D eigenvalue weighted by Gasteiger charge is -2.19. The number of pyridine rings is 1. The number of hydrogen-bond donors (Lipinski definition) is 2. The summed E-state index contributed by atoms with van der Waals surface area (Å²) in [4.78, 5) is 26.0. The highest BCUT2D eigenvalue weighted by Crippen LogP contribution is 2.38. The molecule has 1 amide bonds. The van der Waals surface area contributed by atoms with Crippen LogP contribution in [0.2, 0.25) is 0 Å². The number of H-pyrrole nitrogens is 1. The van der Waals surface area contributed by atoms with Crippen LogP contribution in [0, 0.1) is 6.92 Å². The molecule has 0 saturated carbocycles. The SMILES string of the molecule is CC[C@@H]1Oc2cc(C)ccc2[C@H]1NC(=O)c1ccc(C(F)(F)F)[nH]c1=O. The second-order valence-corrected chi connectivity index (χ2v) is 6.17. The zero-order valence-electron chi connectivity index (χ0n) is 14.1. The van der Waals surface area contributed by atoms with E-state index < -0.39 is 29.4 Å². The van der Waals surface area contributed by atoms with Crippen molar-refractivity contribution in [2.75, 3.05) is 0 Å². The smallest absolute Gasteiger partial charge is 0.431 e. The summed E-state index contributed by atoms with van der Waals surface area (Å²) >= 11 is 0. The van der Waals surface area contributed by atoms with Crippen LogP contribution in [0.4, 0.5) is 13.2 Å². The minimum atomic E-state index is -4.68. The highest BCUT2D eigenvalue weighted by molar-refractivity contribution is 5.94. The number of aromatic amines is 1. The summed E-state index contributed by atoms with van der Waals surface area (Å²) < 4.78 is 43.7. The molecule has 0 radical (unpaired) electrons. The van der Waals surface area contributed by atoms with Crippen molar-refractivity contribution < 1.29 is 22.7 Å². The molecule has 1 aromatic carbocycles. The number of amides is 1. The monoisotopic (exact) mass is 366 g/mol. The fraction of sp³-hybridized carbons (Fsp3) is 0.333. The fourth-order valence-electron chi connectivity index (χ4n) is 2.96. The van der Waals surface area contributed by atoms with Crippen molar-refractivity contribution >= 4 is 5.91 Å². The van der Waals surface area contributed by atoms with E-state index >= 15 is 0 Å². The number of rotatable bonds is 3. The molecular weight excluding hydrogens is 349 g/mol. The molecular formula is C18H17F3N2O3. The minimum Gasteiger partial charge on any atom is -0.488 e. The Kier molecular flexibility index (Phi) is 4.52. The number of halogens is 3. The van der Waals surface area contributed by atoms with E-state index in [4.69, 9.17) is 4.74 Å². The topological polar surface area (TPSA) is 71.2 Å². The van der Waals surface area contributed by atoms with Gasteiger partial charge in [0.05, 0.1) is 6.04 Å². The van der Waals surface area contributed by atoms with Gasteiger partial charge < -0.3 is 15.0 Å². The molecule has 3 rings (SSSR count). The van der Waals surface area contributed by atoms with Crippen LogP contribution in [-0.4, -0.2) is 17.0 Å². The molecule has 0 fully saturated rings. The maximum atomic E-state index is 12.6. The van der Waals surface area contributed by atoms with E-state index in [1.807, 2.05) is 32.0 Å². The molecule has 1 aliphatic heterocycles. The van der Waals surface area contributed by atoms with Crippen molar-refractivity contribution in [1.82, 2.24) is 10.3 Å². The Labute approximate surface area is 147 Å². The number of aryl methyl sites for hydroxylation is 1. The first-order valence-corrected chi connectivity index (χ1v) is 8.09. The van der Waals surface area contributed by atoms with Crippen molar-refractivity contribution in [2.24, 2.45) is 0 Å². The largest absolute Gasteiger partial charge is 0.488 e. The maximum absolute atomic E-state index is 12.6. The average molecular weight is 366 g/mol. The van der Waals surface area contributed by atoms with Crippen molar-refractivity contribution in [1.29, 1.82) is 0 Å². The van der Waals surface area contributed by atoms with Crippen LogP contribution in [0.5, 0.6) is 5.75 Å². The Bertz CT molecular complexity index is 905. The quantitative estimate of drug-likeness (QED) is 0.875. The first-order valence-electron chi connectivity index (χ1n) is 8.09. The van der Waals surface area contributed by atoms with Gasteiger partial charge in [0.25, 0.3) is 11.5 Å². The number of nitrogens with one attached hydrogen (secondary N) is 2. The molecule has 0 spiro atoms. The van der Waals surface area contributed by atoms with Gasteiger partial charge in [-0.2, -0.15) is 13.2 Å². The third-order valence-corrected chi connectivity index (χ3v) is 4.30. The first kappa shape index (κ1) is 18.0. The van der Waals surface area contributed by atoms with E-state index in [1.165, 1.54) is 0 Å². The van der Waals surface area contributed by atoms with Crippen molar-refractivity contribution in [2.45, 2.75) is 38.6 Å². The predicted molar refractivity (Wildman–Crippen MR) is 88.2 cm³/mol. The summed E-state index contributed by atoms with van der Waals surface area (Å²) in [5.41, 5.74) is -0.888. The Morgan fingerprint density at radius 1 is 1.27 bits per heavy atom.